The highest BCUT2D eigenvalue weighted by molar-refractivity contribution is 7.39. The zero-order valence-electron chi connectivity index (χ0n) is 9.17. The third kappa shape index (κ3) is 2.73. The highest BCUT2D eigenvalue weighted by atomic mass is 28.3. The maximum atomic E-state index is 10.9. The van der Waals surface area contributed by atoms with E-state index in [1.165, 1.54) is 19.1 Å². The first-order valence-electron chi connectivity index (χ1n) is 4.85. The molecule has 0 unspecified atom stereocenters. The van der Waals surface area contributed by atoms with Crippen LogP contribution in [-0.2, 0) is 19.2 Å². The minimum Gasteiger partial charge on any atom is -0.326 e. The zero-order valence-corrected chi connectivity index (χ0v) is 10.2. The van der Waals surface area contributed by atoms with Gasteiger partial charge in [0.25, 0.3) is 8.07 Å². The van der Waals surface area contributed by atoms with Crippen LogP contribution in [0.1, 0.15) is 6.92 Å². The van der Waals surface area contributed by atoms with Crippen LogP contribution < -0.4 is 10.5 Å². The van der Waals surface area contributed by atoms with Crippen LogP contribution in [0.2, 0.25) is 0 Å². The number of hydrogen-bond acceptors (Lipinski definition) is 4. The molecule has 0 heterocycles. The van der Waals surface area contributed by atoms with E-state index in [9.17, 15) is 19.2 Å². The van der Waals surface area contributed by atoms with E-state index in [-0.39, 0.29) is 5.91 Å². The Morgan fingerprint density at radius 3 is 1.88 bits per heavy atom. The number of hydrogen-bond donors (Lipinski definition) is 1. The van der Waals surface area contributed by atoms with Gasteiger partial charge < -0.3 is 19.7 Å². The first kappa shape index (κ1) is 13.0. The van der Waals surface area contributed by atoms with Crippen molar-refractivity contribution in [1.82, 2.24) is 0 Å². The van der Waals surface area contributed by atoms with Gasteiger partial charge in [-0.2, -0.15) is 0 Å². The van der Waals surface area contributed by atoms with Gasteiger partial charge in [0.1, 0.15) is 17.7 Å². The first-order valence-corrected chi connectivity index (χ1v) is 7.08. The summed E-state index contributed by atoms with van der Waals surface area (Å²) in [5, 5.41) is 2.96. The van der Waals surface area contributed by atoms with Gasteiger partial charge in [-0.05, 0) is 17.3 Å². The van der Waals surface area contributed by atoms with Crippen molar-refractivity contribution >= 4 is 42.6 Å². The fourth-order valence-corrected chi connectivity index (χ4v) is 2.65. The number of carbonyl (C=O) groups is 4. The molecule has 0 fully saturated rings. The van der Waals surface area contributed by atoms with E-state index in [1.807, 2.05) is 0 Å². The SMILES string of the molecule is CC(=O)Nc1ccc([Si](C=O)(C=O)C=O)cc1. The molecule has 0 aliphatic carbocycles. The Morgan fingerprint density at radius 2 is 1.53 bits per heavy atom. The summed E-state index contributed by atoms with van der Waals surface area (Å²) in [6, 6.07) is 6.12. The lowest BCUT2D eigenvalue weighted by atomic mass is 10.3. The minimum atomic E-state index is -3.31. The normalized spacial score (nSPS) is 10.4. The largest absolute Gasteiger partial charge is 0.326 e. The van der Waals surface area contributed by atoms with Gasteiger partial charge in [0.05, 0.1) is 0 Å². The zero-order chi connectivity index (χ0) is 12.9. The maximum Gasteiger partial charge on any atom is 0.295 e. The minimum absolute atomic E-state index is 0.220. The smallest absolute Gasteiger partial charge is 0.295 e. The number of carbonyl (C=O) groups excluding carboxylic acids is 4. The number of benzene rings is 1. The Morgan fingerprint density at radius 1 is 1.06 bits per heavy atom. The van der Waals surface area contributed by atoms with Crippen LogP contribution in [-0.4, -0.2) is 31.7 Å². The summed E-state index contributed by atoms with van der Waals surface area (Å²) in [4.78, 5) is 43.4. The van der Waals surface area contributed by atoms with E-state index in [0.717, 1.165) is 0 Å². The second-order valence-electron chi connectivity index (χ2n) is 3.55. The van der Waals surface area contributed by atoms with Gasteiger partial charge in [0, 0.05) is 12.6 Å². The van der Waals surface area contributed by atoms with E-state index >= 15 is 0 Å². The third-order valence-electron chi connectivity index (χ3n) is 2.29. The van der Waals surface area contributed by atoms with E-state index in [1.54, 1.807) is 12.1 Å². The average Bonchev–Trinajstić information content (AvgIpc) is 2.33. The van der Waals surface area contributed by atoms with E-state index < -0.39 is 8.07 Å². The van der Waals surface area contributed by atoms with Gasteiger partial charge in [0.2, 0.25) is 5.91 Å². The van der Waals surface area contributed by atoms with Crippen LogP contribution in [0.5, 0.6) is 0 Å². The highest BCUT2D eigenvalue weighted by Crippen LogP contribution is 2.05. The second kappa shape index (κ2) is 5.31. The van der Waals surface area contributed by atoms with Crippen LogP contribution >= 0.6 is 0 Å². The van der Waals surface area contributed by atoms with Crippen molar-refractivity contribution in [2.45, 2.75) is 6.92 Å². The van der Waals surface area contributed by atoms with Crippen molar-refractivity contribution in [1.29, 1.82) is 0 Å². The standard InChI is InChI=1S/C11H11NO4Si/c1-9(16)12-10-2-4-11(5-3-10)17(6-13,7-14)8-15/h2-8H,1H3,(H,12,16). The lowest BCUT2D eigenvalue weighted by Crippen LogP contribution is -2.54. The molecule has 0 saturated carbocycles. The van der Waals surface area contributed by atoms with E-state index in [0.29, 0.717) is 28.6 Å². The number of anilines is 1. The topological polar surface area (TPSA) is 80.3 Å². The lowest BCUT2D eigenvalue weighted by molar-refractivity contribution is -0.114. The Bertz CT molecular complexity index is 433. The molecular formula is C11H11NO4Si. The average molecular weight is 249 g/mol. The van der Waals surface area contributed by atoms with Crippen LogP contribution in [0, 0.1) is 0 Å². The van der Waals surface area contributed by atoms with Gasteiger partial charge in [-0.1, -0.05) is 12.1 Å². The van der Waals surface area contributed by atoms with Crippen LogP contribution in [0.4, 0.5) is 5.69 Å². The summed E-state index contributed by atoms with van der Waals surface area (Å²) in [7, 11) is -3.31. The van der Waals surface area contributed by atoms with Gasteiger partial charge in [0.15, 0.2) is 0 Å². The van der Waals surface area contributed by atoms with Gasteiger partial charge in [-0.3, -0.25) is 4.79 Å². The highest BCUT2D eigenvalue weighted by Gasteiger charge is 2.35. The number of nitrogens with one attached hydrogen (secondary N) is 1. The van der Waals surface area contributed by atoms with Crippen LogP contribution in [0.3, 0.4) is 0 Å². The summed E-state index contributed by atoms with van der Waals surface area (Å²) in [6.45, 7) is 1.37. The predicted molar refractivity (Wildman–Crippen MR) is 66.4 cm³/mol. The predicted octanol–water partition coefficient (Wildman–Crippen LogP) is -0.384. The number of amides is 1. The molecule has 1 amide bonds. The van der Waals surface area contributed by atoms with Gasteiger partial charge >= 0.3 is 0 Å². The maximum absolute atomic E-state index is 10.9. The van der Waals surface area contributed by atoms with Crippen molar-refractivity contribution in [3.63, 3.8) is 0 Å². The van der Waals surface area contributed by atoms with E-state index in [2.05, 4.69) is 5.32 Å². The molecule has 5 nitrogen and oxygen atoms in total. The Labute approximate surface area is 98.8 Å². The quantitative estimate of drug-likeness (QED) is 0.569. The summed E-state index contributed by atoms with van der Waals surface area (Å²) in [6.07, 6.45) is 0. The van der Waals surface area contributed by atoms with Crippen molar-refractivity contribution < 1.29 is 19.2 Å². The molecule has 0 aliphatic rings. The summed E-state index contributed by atoms with van der Waals surface area (Å²) >= 11 is 0. The Hall–Kier alpha value is -2.08. The molecule has 0 spiro atoms. The molecule has 0 radical (unpaired) electrons. The Balaban J connectivity index is 3.08. The molecule has 1 aromatic carbocycles. The molecular weight excluding hydrogens is 238 g/mol. The molecule has 0 bridgehead atoms. The van der Waals surface area contributed by atoms with Crippen molar-refractivity contribution in [2.75, 3.05) is 5.32 Å². The molecule has 1 rings (SSSR count). The van der Waals surface area contributed by atoms with Crippen molar-refractivity contribution in [3.8, 4) is 0 Å². The fourth-order valence-electron chi connectivity index (χ4n) is 1.33. The Kier molecular flexibility index (Phi) is 4.05. The van der Waals surface area contributed by atoms with E-state index in [4.69, 9.17) is 0 Å². The molecule has 1 N–H and O–H groups in total. The molecule has 1 aromatic rings. The third-order valence-corrected chi connectivity index (χ3v) is 4.79. The number of rotatable bonds is 5. The molecule has 0 atom stereocenters. The van der Waals surface area contributed by atoms with Crippen molar-refractivity contribution in [2.24, 2.45) is 0 Å². The first-order chi connectivity index (χ1) is 8.07. The van der Waals surface area contributed by atoms with Crippen molar-refractivity contribution in [3.05, 3.63) is 24.3 Å². The van der Waals surface area contributed by atoms with Gasteiger partial charge in [-0.25, -0.2) is 0 Å². The molecule has 6 heteroatoms. The monoisotopic (exact) mass is 249 g/mol. The van der Waals surface area contributed by atoms with Gasteiger partial charge in [-0.15, -0.1) is 0 Å². The fraction of sp³-hybridized carbons (Fsp3) is 0.0909. The summed E-state index contributed by atoms with van der Waals surface area (Å²) < 4.78 is 0. The lowest BCUT2D eigenvalue weighted by Gasteiger charge is -2.11. The molecule has 0 saturated heterocycles. The molecule has 17 heavy (non-hydrogen) atoms. The molecule has 0 aromatic heterocycles. The summed E-state index contributed by atoms with van der Waals surface area (Å²) in [5.74, 6) is 1.07. The molecule has 0 aliphatic heterocycles. The second-order valence-corrected chi connectivity index (χ2v) is 6.70. The summed E-state index contributed by atoms with van der Waals surface area (Å²) in [5.41, 5.74) is 0.548. The van der Waals surface area contributed by atoms with Crippen LogP contribution in [0.25, 0.3) is 0 Å². The molecule has 88 valence electrons. The van der Waals surface area contributed by atoms with Crippen LogP contribution in [0.15, 0.2) is 24.3 Å².